The van der Waals surface area contributed by atoms with Crippen LogP contribution in [0.5, 0.6) is 0 Å². The van der Waals surface area contributed by atoms with Gasteiger partial charge in [-0.2, -0.15) is 28.7 Å². The Hall–Kier alpha value is -4.83. The molecule has 0 aliphatic heterocycles. The van der Waals surface area contributed by atoms with Crippen molar-refractivity contribution >= 4 is 32.6 Å². The van der Waals surface area contributed by atoms with Crippen molar-refractivity contribution in [2.45, 2.75) is 18.2 Å². The number of hydrogen-bond acceptors (Lipinski definition) is 9. The van der Waals surface area contributed by atoms with Gasteiger partial charge in [-0.25, -0.2) is 4.52 Å². The van der Waals surface area contributed by atoms with Crippen LogP contribution in [0.15, 0.2) is 77.2 Å². The van der Waals surface area contributed by atoms with Crippen molar-refractivity contribution in [2.75, 3.05) is 18.5 Å². The predicted octanol–water partition coefficient (Wildman–Crippen LogP) is 2.89. The molecule has 13 heteroatoms. The summed E-state index contributed by atoms with van der Waals surface area (Å²) in [6.45, 7) is 2.05. The molecule has 4 rings (SSSR count). The molecule has 0 unspecified atom stereocenters. The van der Waals surface area contributed by atoms with E-state index in [0.717, 1.165) is 11.6 Å². The molecule has 0 fully saturated rings. The fraction of sp³-hybridized carbons (Fsp3) is 0.167. The largest absolute Gasteiger partial charge is 0.373 e. The Morgan fingerprint density at radius 3 is 2.70 bits per heavy atom. The van der Waals surface area contributed by atoms with Gasteiger partial charge in [0.05, 0.1) is 39.7 Å². The van der Waals surface area contributed by atoms with Gasteiger partial charge in [0, 0.05) is 49.9 Å². The van der Waals surface area contributed by atoms with Gasteiger partial charge < -0.3 is 4.90 Å². The van der Waals surface area contributed by atoms with Crippen molar-refractivity contribution in [3.05, 3.63) is 94.1 Å². The summed E-state index contributed by atoms with van der Waals surface area (Å²) in [5.74, 6) is 0. The van der Waals surface area contributed by atoms with Gasteiger partial charge in [-0.15, -0.1) is 0 Å². The zero-order valence-electron chi connectivity index (χ0n) is 19.9. The van der Waals surface area contributed by atoms with Crippen LogP contribution in [0, 0.1) is 21.4 Å². The smallest absolute Gasteiger partial charge is 0.278 e. The Morgan fingerprint density at radius 2 is 2.00 bits per heavy atom. The van der Waals surface area contributed by atoms with Crippen LogP contribution in [0.1, 0.15) is 23.6 Å². The highest BCUT2D eigenvalue weighted by Crippen LogP contribution is 2.29. The molecule has 0 saturated heterocycles. The number of nitrogens with one attached hydrogen (secondary N) is 1. The predicted molar refractivity (Wildman–Crippen MR) is 137 cm³/mol. The minimum Gasteiger partial charge on any atom is -0.373 e. The number of rotatable bonds is 9. The molecule has 3 heterocycles. The molecule has 1 aromatic carbocycles. The van der Waals surface area contributed by atoms with E-state index < -0.39 is 14.9 Å². The lowest BCUT2D eigenvalue weighted by atomic mass is 10.1. The second kappa shape index (κ2) is 10.4. The van der Waals surface area contributed by atoms with E-state index in [1.807, 2.05) is 18.2 Å². The van der Waals surface area contributed by atoms with Gasteiger partial charge in [-0.05, 0) is 49.2 Å². The Kier molecular flexibility index (Phi) is 7.12. The topological polar surface area (TPSA) is 159 Å². The number of sulfonamides is 1. The molecule has 0 aliphatic rings. The Morgan fingerprint density at radius 1 is 1.24 bits per heavy atom. The van der Waals surface area contributed by atoms with Crippen molar-refractivity contribution in [1.29, 1.82) is 5.26 Å². The lowest BCUT2D eigenvalue weighted by Crippen LogP contribution is -2.26. The first-order valence-electron chi connectivity index (χ1n) is 11.0. The summed E-state index contributed by atoms with van der Waals surface area (Å²) in [5, 5.41) is 28.8. The number of non-ortho nitro benzene ring substituents is 1. The molecule has 0 saturated carbocycles. The average molecular weight is 519 g/mol. The number of likely N-dealkylation sites (N-methyl/N-ethyl adjacent to an activating group) is 1. The molecule has 37 heavy (non-hydrogen) atoms. The summed E-state index contributed by atoms with van der Waals surface area (Å²) < 4.78 is 28.2. The van der Waals surface area contributed by atoms with Crippen LogP contribution < -0.4 is 9.73 Å². The van der Waals surface area contributed by atoms with E-state index in [1.165, 1.54) is 18.3 Å². The van der Waals surface area contributed by atoms with Gasteiger partial charge in [0.2, 0.25) is 0 Å². The fourth-order valence-corrected chi connectivity index (χ4v) is 4.81. The zero-order chi connectivity index (χ0) is 26.6. The average Bonchev–Trinajstić information content (AvgIpc) is 3.34. The number of anilines is 1. The van der Waals surface area contributed by atoms with E-state index in [2.05, 4.69) is 20.0 Å². The molecular weight excluding hydrogens is 496 g/mol. The number of aromatic nitrogens is 3. The van der Waals surface area contributed by atoms with Crippen LogP contribution in [-0.4, -0.2) is 47.2 Å². The highest BCUT2D eigenvalue weighted by atomic mass is 32.2. The normalized spacial score (nSPS) is 11.8. The maximum Gasteiger partial charge on any atom is 0.278 e. The van der Waals surface area contributed by atoms with E-state index in [1.54, 1.807) is 54.1 Å². The van der Waals surface area contributed by atoms with Crippen molar-refractivity contribution < 1.29 is 13.3 Å². The van der Waals surface area contributed by atoms with Crippen molar-refractivity contribution in [1.82, 2.24) is 19.4 Å². The third-order valence-electron chi connectivity index (χ3n) is 5.71. The van der Waals surface area contributed by atoms with Crippen LogP contribution in [-0.2, 0) is 16.4 Å². The second-order valence-corrected chi connectivity index (χ2v) is 9.77. The van der Waals surface area contributed by atoms with Gasteiger partial charge in [0.25, 0.3) is 15.7 Å². The highest BCUT2D eigenvalue weighted by molar-refractivity contribution is 7.89. The monoisotopic (exact) mass is 518 g/mol. The van der Waals surface area contributed by atoms with Crippen LogP contribution in [0.3, 0.4) is 0 Å². The van der Waals surface area contributed by atoms with E-state index >= 15 is 0 Å². The minimum atomic E-state index is -4.30. The first-order valence-corrected chi connectivity index (χ1v) is 12.5. The minimum absolute atomic E-state index is 0.276. The number of hydrazone groups is 1. The summed E-state index contributed by atoms with van der Waals surface area (Å²) >= 11 is 0. The Labute approximate surface area is 212 Å². The molecule has 0 amide bonds. The summed E-state index contributed by atoms with van der Waals surface area (Å²) in [6, 6.07) is 12.7. The number of nitro groups is 1. The van der Waals surface area contributed by atoms with Crippen molar-refractivity contribution in [2.24, 2.45) is 5.10 Å². The van der Waals surface area contributed by atoms with E-state index in [-0.39, 0.29) is 16.3 Å². The molecule has 3 aromatic heterocycles. The van der Waals surface area contributed by atoms with Gasteiger partial charge >= 0.3 is 0 Å². The van der Waals surface area contributed by atoms with Gasteiger partial charge in [-0.3, -0.25) is 15.1 Å². The maximum absolute atomic E-state index is 13.3. The number of benzene rings is 1. The molecule has 0 atom stereocenters. The summed E-state index contributed by atoms with van der Waals surface area (Å²) in [5.41, 5.74) is 2.75. The number of nitro benzene ring substituents is 1. The number of fused-ring (bicyclic) bond motifs is 1. The Bertz CT molecular complexity index is 1640. The summed E-state index contributed by atoms with van der Waals surface area (Å²) in [7, 11) is -2.59. The lowest BCUT2D eigenvalue weighted by molar-refractivity contribution is -0.385. The lowest BCUT2D eigenvalue weighted by Gasteiger charge is -2.22. The first kappa shape index (κ1) is 25.3. The van der Waals surface area contributed by atoms with Crippen LogP contribution in [0.4, 0.5) is 11.4 Å². The second-order valence-electron chi connectivity index (χ2n) is 8.14. The molecule has 0 aliphatic carbocycles. The van der Waals surface area contributed by atoms with Gasteiger partial charge in [0.15, 0.2) is 0 Å². The zero-order valence-corrected chi connectivity index (χ0v) is 20.8. The van der Waals surface area contributed by atoms with Crippen LogP contribution >= 0.6 is 0 Å². The number of nitriles is 1. The standard InChI is InChI=1S/C24H22N8O4S/c1-17(21-16-27-31-12-8-19(15-25)13-23(21)31)28-29-37(35,36)24-14-20(32(33)34)3-4-22(24)30(2)11-7-18-5-9-26-10-6-18/h3-6,8-10,12-14,16,29H,7,11H2,1-2H3/b28-17+. The molecule has 0 bridgehead atoms. The molecule has 4 aromatic rings. The molecule has 1 N–H and O–H groups in total. The molecule has 188 valence electrons. The maximum atomic E-state index is 13.3. The highest BCUT2D eigenvalue weighted by Gasteiger charge is 2.24. The number of pyridine rings is 2. The SMILES string of the molecule is C/C(=N\NS(=O)(=O)c1cc([N+](=O)[O-])ccc1N(C)CCc1ccncc1)c1cnn2ccc(C#N)cc12. The molecule has 0 spiro atoms. The Balaban J connectivity index is 1.64. The van der Waals surface area contributed by atoms with E-state index in [0.29, 0.717) is 35.3 Å². The molecular formula is C24H22N8O4S. The van der Waals surface area contributed by atoms with E-state index in [9.17, 15) is 23.8 Å². The van der Waals surface area contributed by atoms with Crippen LogP contribution in [0.2, 0.25) is 0 Å². The van der Waals surface area contributed by atoms with Crippen molar-refractivity contribution in [3.63, 3.8) is 0 Å². The van der Waals surface area contributed by atoms with Crippen LogP contribution in [0.25, 0.3) is 5.52 Å². The first-order chi connectivity index (χ1) is 17.7. The molecule has 0 radical (unpaired) electrons. The van der Waals surface area contributed by atoms with Gasteiger partial charge in [-0.1, -0.05) is 0 Å². The number of nitrogens with zero attached hydrogens (tertiary/aromatic N) is 7. The van der Waals surface area contributed by atoms with Gasteiger partial charge in [0.1, 0.15) is 4.90 Å². The fourth-order valence-electron chi connectivity index (χ4n) is 3.68. The summed E-state index contributed by atoms with van der Waals surface area (Å²) in [6.07, 6.45) is 7.08. The third kappa shape index (κ3) is 5.54. The molecule has 12 nitrogen and oxygen atoms in total. The van der Waals surface area contributed by atoms with Crippen molar-refractivity contribution in [3.8, 4) is 6.07 Å². The quantitative estimate of drug-likeness (QED) is 0.201. The summed E-state index contributed by atoms with van der Waals surface area (Å²) in [4.78, 5) is 18.3. The number of hydrogen-bond donors (Lipinski definition) is 1. The van der Waals surface area contributed by atoms with E-state index in [4.69, 9.17) is 0 Å². The third-order valence-corrected chi connectivity index (χ3v) is 6.95.